The predicted molar refractivity (Wildman–Crippen MR) is 60.8 cm³/mol. The Morgan fingerprint density at radius 2 is 1.50 bits per heavy atom. The Balaban J connectivity index is 3.01. The quantitative estimate of drug-likeness (QED) is 0.569. The van der Waals surface area contributed by atoms with Gasteiger partial charge in [-0.15, -0.1) is 0 Å². The van der Waals surface area contributed by atoms with E-state index in [-0.39, 0.29) is 0 Å². The van der Waals surface area contributed by atoms with Crippen LogP contribution in [0.5, 0.6) is 0 Å². The van der Waals surface area contributed by atoms with E-state index in [1.807, 2.05) is 6.61 Å². The summed E-state index contributed by atoms with van der Waals surface area (Å²) in [5, 5.41) is 0. The van der Waals surface area contributed by atoms with Crippen LogP contribution in [0, 0.1) is 22.9 Å². The summed E-state index contributed by atoms with van der Waals surface area (Å²) in [6.45, 7) is 16.9. The van der Waals surface area contributed by atoms with Crippen molar-refractivity contribution in [3.63, 3.8) is 0 Å². The average molecular weight is 197 g/mol. The standard InChI is InChI=1S/C13H25O/c1-11(2,3)13(12(4,5)6)8-7-9-14-10-13/h9H,7-8,10H2,1-6H3. The molecule has 1 aliphatic heterocycles. The number of rotatable bonds is 0. The molecule has 1 heterocycles. The molecule has 1 rings (SSSR count). The Bertz CT molecular complexity index is 170. The second kappa shape index (κ2) is 3.52. The first-order valence-corrected chi connectivity index (χ1v) is 5.64. The second-order valence-corrected chi connectivity index (χ2v) is 6.60. The molecule has 1 fully saturated rings. The van der Waals surface area contributed by atoms with Gasteiger partial charge >= 0.3 is 0 Å². The predicted octanol–water partition coefficient (Wildman–Crippen LogP) is 4.04. The molecule has 14 heavy (non-hydrogen) atoms. The van der Waals surface area contributed by atoms with Gasteiger partial charge in [-0.05, 0) is 23.7 Å². The normalized spacial score (nSPS) is 23.6. The molecule has 0 bridgehead atoms. The topological polar surface area (TPSA) is 9.23 Å². The average Bonchev–Trinajstić information content (AvgIpc) is 2.02. The van der Waals surface area contributed by atoms with Gasteiger partial charge in [-0.3, -0.25) is 0 Å². The Morgan fingerprint density at radius 1 is 1.00 bits per heavy atom. The zero-order chi connectivity index (χ0) is 11.0. The van der Waals surface area contributed by atoms with Crippen LogP contribution >= 0.6 is 0 Å². The van der Waals surface area contributed by atoms with E-state index in [2.05, 4.69) is 41.5 Å². The van der Waals surface area contributed by atoms with Gasteiger partial charge in [0.25, 0.3) is 0 Å². The van der Waals surface area contributed by atoms with E-state index in [4.69, 9.17) is 4.74 Å². The summed E-state index contributed by atoms with van der Waals surface area (Å²) in [6.07, 6.45) is 2.34. The van der Waals surface area contributed by atoms with Crippen molar-refractivity contribution >= 4 is 0 Å². The maximum Gasteiger partial charge on any atom is 0.0837 e. The van der Waals surface area contributed by atoms with Gasteiger partial charge in [0.05, 0.1) is 13.2 Å². The molecule has 83 valence electrons. The van der Waals surface area contributed by atoms with Crippen molar-refractivity contribution in [2.75, 3.05) is 6.61 Å². The monoisotopic (exact) mass is 197 g/mol. The molecule has 0 aromatic heterocycles. The van der Waals surface area contributed by atoms with Crippen LogP contribution in [0.3, 0.4) is 0 Å². The van der Waals surface area contributed by atoms with Gasteiger partial charge in [0, 0.05) is 5.41 Å². The molecule has 0 unspecified atom stereocenters. The third-order valence-corrected chi connectivity index (χ3v) is 4.01. The van der Waals surface area contributed by atoms with Crippen LogP contribution in [0.15, 0.2) is 0 Å². The van der Waals surface area contributed by atoms with Crippen LogP contribution in [0.2, 0.25) is 0 Å². The minimum absolute atomic E-state index is 0.300. The maximum atomic E-state index is 5.61. The summed E-state index contributed by atoms with van der Waals surface area (Å²) in [4.78, 5) is 0. The molecule has 1 saturated heterocycles. The highest BCUT2D eigenvalue weighted by Gasteiger charge is 2.51. The Morgan fingerprint density at radius 3 is 1.71 bits per heavy atom. The lowest BCUT2D eigenvalue weighted by Crippen LogP contribution is -2.51. The summed E-state index contributed by atoms with van der Waals surface area (Å²) in [7, 11) is 0. The van der Waals surface area contributed by atoms with Gasteiger partial charge in [0.2, 0.25) is 0 Å². The molecule has 0 spiro atoms. The van der Waals surface area contributed by atoms with Crippen molar-refractivity contribution in [1.29, 1.82) is 0 Å². The first-order valence-electron chi connectivity index (χ1n) is 5.64. The van der Waals surface area contributed by atoms with Crippen molar-refractivity contribution in [3.8, 4) is 0 Å². The summed E-state index contributed by atoms with van der Waals surface area (Å²) >= 11 is 0. The van der Waals surface area contributed by atoms with Crippen LogP contribution in [-0.4, -0.2) is 6.61 Å². The van der Waals surface area contributed by atoms with Crippen LogP contribution in [0.1, 0.15) is 54.4 Å². The smallest absolute Gasteiger partial charge is 0.0837 e. The first-order chi connectivity index (χ1) is 6.21. The molecule has 0 amide bonds. The Hall–Kier alpha value is -0.0400. The van der Waals surface area contributed by atoms with Gasteiger partial charge in [-0.2, -0.15) is 0 Å². The van der Waals surface area contributed by atoms with Gasteiger partial charge in [0.1, 0.15) is 0 Å². The van der Waals surface area contributed by atoms with Crippen LogP contribution in [-0.2, 0) is 4.74 Å². The minimum Gasteiger partial charge on any atom is -0.375 e. The van der Waals surface area contributed by atoms with E-state index in [0.717, 1.165) is 13.0 Å². The zero-order valence-corrected chi connectivity index (χ0v) is 10.6. The van der Waals surface area contributed by atoms with Crippen LogP contribution < -0.4 is 0 Å². The summed E-state index contributed by atoms with van der Waals surface area (Å²) in [5.41, 5.74) is 0.910. The van der Waals surface area contributed by atoms with Gasteiger partial charge in [-0.25, -0.2) is 0 Å². The number of ether oxygens (including phenoxy) is 1. The van der Waals surface area contributed by atoms with Crippen molar-refractivity contribution in [3.05, 3.63) is 6.61 Å². The SMILES string of the molecule is CC(C)(C)C1(C(C)(C)C)CC[CH]OC1. The largest absolute Gasteiger partial charge is 0.375 e. The minimum atomic E-state index is 0.300. The molecule has 0 aliphatic carbocycles. The second-order valence-electron chi connectivity index (χ2n) is 6.60. The van der Waals surface area contributed by atoms with E-state index in [0.29, 0.717) is 16.2 Å². The van der Waals surface area contributed by atoms with Crippen molar-refractivity contribution in [2.45, 2.75) is 54.4 Å². The van der Waals surface area contributed by atoms with E-state index in [9.17, 15) is 0 Å². The Kier molecular flexibility index (Phi) is 3.02. The molecular formula is C13H25O. The fraction of sp³-hybridized carbons (Fsp3) is 0.923. The molecular weight excluding hydrogens is 172 g/mol. The van der Waals surface area contributed by atoms with Crippen molar-refractivity contribution < 1.29 is 4.74 Å². The highest BCUT2D eigenvalue weighted by molar-refractivity contribution is 5.00. The molecule has 1 radical (unpaired) electrons. The zero-order valence-electron chi connectivity index (χ0n) is 10.6. The summed E-state index contributed by atoms with van der Waals surface area (Å²) in [5.74, 6) is 0. The number of hydrogen-bond acceptors (Lipinski definition) is 1. The van der Waals surface area contributed by atoms with E-state index >= 15 is 0 Å². The van der Waals surface area contributed by atoms with E-state index < -0.39 is 0 Å². The third-order valence-electron chi connectivity index (χ3n) is 4.01. The molecule has 0 aromatic rings. The van der Waals surface area contributed by atoms with Crippen molar-refractivity contribution in [2.24, 2.45) is 16.2 Å². The number of hydrogen-bond donors (Lipinski definition) is 0. The molecule has 0 aromatic carbocycles. The third kappa shape index (κ3) is 1.84. The van der Waals surface area contributed by atoms with E-state index in [1.54, 1.807) is 0 Å². The fourth-order valence-corrected chi connectivity index (χ4v) is 2.97. The van der Waals surface area contributed by atoms with Crippen LogP contribution in [0.4, 0.5) is 0 Å². The maximum absolute atomic E-state index is 5.61. The highest BCUT2D eigenvalue weighted by atomic mass is 16.5. The molecule has 0 atom stereocenters. The lowest BCUT2D eigenvalue weighted by atomic mass is 9.52. The highest BCUT2D eigenvalue weighted by Crippen LogP contribution is 2.56. The summed E-state index contributed by atoms with van der Waals surface area (Å²) < 4.78 is 5.61. The van der Waals surface area contributed by atoms with Gasteiger partial charge in [0.15, 0.2) is 0 Å². The van der Waals surface area contributed by atoms with Crippen molar-refractivity contribution in [1.82, 2.24) is 0 Å². The Labute approximate surface area is 89.2 Å². The lowest BCUT2D eigenvalue weighted by molar-refractivity contribution is -0.116. The van der Waals surface area contributed by atoms with Gasteiger partial charge < -0.3 is 4.74 Å². The molecule has 0 N–H and O–H groups in total. The molecule has 1 aliphatic rings. The molecule has 0 saturated carbocycles. The molecule has 1 heteroatoms. The molecule has 1 nitrogen and oxygen atoms in total. The lowest BCUT2D eigenvalue weighted by Gasteiger charge is -2.55. The van der Waals surface area contributed by atoms with Gasteiger partial charge in [-0.1, -0.05) is 41.5 Å². The summed E-state index contributed by atoms with van der Waals surface area (Å²) in [6, 6.07) is 0. The first kappa shape index (κ1) is 12.0. The van der Waals surface area contributed by atoms with E-state index in [1.165, 1.54) is 6.42 Å². The van der Waals surface area contributed by atoms with Crippen LogP contribution in [0.25, 0.3) is 0 Å². The fourth-order valence-electron chi connectivity index (χ4n) is 2.97.